The number of nitrogens with zero attached hydrogens (tertiary/aromatic N) is 2. The third-order valence-electron chi connectivity index (χ3n) is 5.51. The summed E-state index contributed by atoms with van der Waals surface area (Å²) in [4.78, 5) is 28.1. The number of carbonyl (C=O) groups excluding carboxylic acids is 2. The third kappa shape index (κ3) is 7.76. The van der Waals surface area contributed by atoms with Crippen molar-refractivity contribution >= 4 is 39.1 Å². The lowest BCUT2D eigenvalue weighted by molar-refractivity contribution is -0.140. The summed E-state index contributed by atoms with van der Waals surface area (Å²) >= 11 is 6.13. The number of rotatable bonds is 13. The Balaban J connectivity index is 2.51. The van der Waals surface area contributed by atoms with Crippen LogP contribution in [0, 0.1) is 0 Å². The van der Waals surface area contributed by atoms with Crippen LogP contribution in [0.1, 0.15) is 32.3 Å². The minimum Gasteiger partial charge on any atom is -0.497 e. The number of carbonyl (C=O) groups is 2. The van der Waals surface area contributed by atoms with Crippen molar-refractivity contribution < 1.29 is 27.5 Å². The molecular weight excluding hydrogens is 506 g/mol. The minimum absolute atomic E-state index is 0.0817. The van der Waals surface area contributed by atoms with E-state index < -0.39 is 28.5 Å². The Morgan fingerprint density at radius 1 is 1.08 bits per heavy atom. The van der Waals surface area contributed by atoms with Gasteiger partial charge in [-0.1, -0.05) is 37.6 Å². The summed E-state index contributed by atoms with van der Waals surface area (Å²) in [6.45, 7) is 3.74. The molecule has 198 valence electrons. The largest absolute Gasteiger partial charge is 0.497 e. The Kier molecular flexibility index (Phi) is 10.9. The Morgan fingerprint density at radius 3 is 2.39 bits per heavy atom. The highest BCUT2D eigenvalue weighted by Crippen LogP contribution is 2.33. The molecule has 0 aliphatic carbocycles. The molecule has 0 radical (unpaired) electrons. The maximum absolute atomic E-state index is 13.7. The third-order valence-corrected chi connectivity index (χ3v) is 6.87. The van der Waals surface area contributed by atoms with Crippen molar-refractivity contribution in [1.82, 2.24) is 10.2 Å². The van der Waals surface area contributed by atoms with Gasteiger partial charge in [0.25, 0.3) is 0 Å². The second kappa shape index (κ2) is 13.4. The molecule has 0 heterocycles. The first kappa shape index (κ1) is 29.3. The average Bonchev–Trinajstić information content (AvgIpc) is 2.85. The fourth-order valence-electron chi connectivity index (χ4n) is 3.71. The van der Waals surface area contributed by atoms with Crippen LogP contribution >= 0.6 is 11.6 Å². The summed E-state index contributed by atoms with van der Waals surface area (Å²) in [6.07, 6.45) is 2.07. The monoisotopic (exact) mass is 539 g/mol. The minimum atomic E-state index is -3.92. The van der Waals surface area contributed by atoms with E-state index in [1.165, 1.54) is 31.3 Å². The molecule has 36 heavy (non-hydrogen) atoms. The van der Waals surface area contributed by atoms with E-state index in [4.69, 9.17) is 21.1 Å². The molecule has 2 amide bonds. The quantitative estimate of drug-likeness (QED) is 0.418. The summed E-state index contributed by atoms with van der Waals surface area (Å²) in [5.41, 5.74) is 0.862. The molecule has 0 fully saturated rings. The van der Waals surface area contributed by atoms with Crippen LogP contribution in [0.3, 0.4) is 0 Å². The molecule has 0 saturated heterocycles. The maximum Gasteiger partial charge on any atom is 0.244 e. The van der Waals surface area contributed by atoms with Gasteiger partial charge in [0.1, 0.15) is 24.1 Å². The van der Waals surface area contributed by atoms with Crippen molar-refractivity contribution in [2.75, 3.05) is 37.9 Å². The number of amides is 2. The molecule has 0 spiro atoms. The molecule has 1 N–H and O–H groups in total. The lowest BCUT2D eigenvalue weighted by atomic mass is 10.1. The zero-order valence-corrected chi connectivity index (χ0v) is 22.9. The fourth-order valence-corrected chi connectivity index (χ4v) is 4.72. The molecule has 9 nitrogen and oxygen atoms in total. The number of halogens is 1. The number of benzene rings is 2. The van der Waals surface area contributed by atoms with E-state index in [2.05, 4.69) is 5.32 Å². The number of ether oxygens (including phenoxy) is 2. The first-order chi connectivity index (χ1) is 17.0. The number of sulfonamides is 1. The van der Waals surface area contributed by atoms with E-state index in [1.54, 1.807) is 31.2 Å². The first-order valence-electron chi connectivity index (χ1n) is 11.6. The van der Waals surface area contributed by atoms with Gasteiger partial charge in [0.2, 0.25) is 21.8 Å². The van der Waals surface area contributed by atoms with Gasteiger partial charge in [-0.25, -0.2) is 8.42 Å². The van der Waals surface area contributed by atoms with Gasteiger partial charge in [-0.2, -0.15) is 0 Å². The second-order valence-corrected chi connectivity index (χ2v) is 10.5. The van der Waals surface area contributed by atoms with Crippen LogP contribution in [0.4, 0.5) is 5.69 Å². The van der Waals surface area contributed by atoms with E-state index in [0.717, 1.165) is 22.5 Å². The molecule has 0 aliphatic heterocycles. The molecule has 0 aliphatic rings. The molecular formula is C25H34ClN3O6S. The lowest BCUT2D eigenvalue weighted by Gasteiger charge is -2.33. The van der Waals surface area contributed by atoms with Crippen LogP contribution in [0.15, 0.2) is 42.5 Å². The highest BCUT2D eigenvalue weighted by Gasteiger charge is 2.32. The van der Waals surface area contributed by atoms with E-state index in [1.807, 2.05) is 13.0 Å². The van der Waals surface area contributed by atoms with E-state index in [9.17, 15) is 18.0 Å². The molecule has 2 rings (SSSR count). The lowest BCUT2D eigenvalue weighted by Crippen LogP contribution is -2.52. The van der Waals surface area contributed by atoms with Crippen LogP contribution in [-0.2, 0) is 26.2 Å². The van der Waals surface area contributed by atoms with Crippen molar-refractivity contribution in [3.05, 3.63) is 53.1 Å². The number of methoxy groups -OCH3 is 2. The standard InChI is InChI=1S/C25H34ClN3O6S/c1-6-13-27-25(31)21(7-2)28(16-18-9-8-10-20(14-18)34-3)24(30)17-29(36(5,32)33)22-15-19(26)11-12-23(22)35-4/h8-12,14-15,21H,6-7,13,16-17H2,1-5H3,(H,27,31)/t21-/m1/s1. The summed E-state index contributed by atoms with van der Waals surface area (Å²) in [7, 11) is -0.982. The van der Waals surface area contributed by atoms with Gasteiger partial charge in [0, 0.05) is 18.1 Å². The average molecular weight is 540 g/mol. The summed E-state index contributed by atoms with van der Waals surface area (Å²) < 4.78 is 37.1. The van der Waals surface area contributed by atoms with Crippen molar-refractivity contribution in [3.8, 4) is 11.5 Å². The molecule has 11 heteroatoms. The van der Waals surface area contributed by atoms with Crippen molar-refractivity contribution in [2.24, 2.45) is 0 Å². The number of nitrogens with one attached hydrogen (secondary N) is 1. The van der Waals surface area contributed by atoms with E-state index >= 15 is 0 Å². The molecule has 0 bridgehead atoms. The van der Waals surface area contributed by atoms with Gasteiger partial charge in [0.15, 0.2) is 0 Å². The van der Waals surface area contributed by atoms with Crippen LogP contribution in [0.25, 0.3) is 0 Å². The maximum atomic E-state index is 13.7. The first-order valence-corrected chi connectivity index (χ1v) is 13.8. The molecule has 0 unspecified atom stereocenters. The Morgan fingerprint density at radius 2 is 1.81 bits per heavy atom. The summed E-state index contributed by atoms with van der Waals surface area (Å²) in [6, 6.07) is 10.9. The van der Waals surface area contributed by atoms with Crippen LogP contribution in [0.5, 0.6) is 11.5 Å². The normalized spacial score (nSPS) is 11.9. The summed E-state index contributed by atoms with van der Waals surface area (Å²) in [5, 5.41) is 3.12. The van der Waals surface area contributed by atoms with Crippen molar-refractivity contribution in [3.63, 3.8) is 0 Å². The van der Waals surface area contributed by atoms with Crippen molar-refractivity contribution in [2.45, 2.75) is 39.3 Å². The van der Waals surface area contributed by atoms with Gasteiger partial charge in [-0.05, 0) is 48.7 Å². The number of anilines is 1. The van der Waals surface area contributed by atoms with Gasteiger partial charge in [0.05, 0.1) is 26.2 Å². The highest BCUT2D eigenvalue weighted by molar-refractivity contribution is 7.92. The number of hydrogen-bond donors (Lipinski definition) is 1. The second-order valence-electron chi connectivity index (χ2n) is 8.17. The van der Waals surface area contributed by atoms with E-state index in [0.29, 0.717) is 18.7 Å². The summed E-state index contributed by atoms with van der Waals surface area (Å²) in [5.74, 6) is -0.0138. The topological polar surface area (TPSA) is 105 Å². The predicted octanol–water partition coefficient (Wildman–Crippen LogP) is 3.46. The van der Waals surface area contributed by atoms with Gasteiger partial charge in [-0.3, -0.25) is 13.9 Å². The zero-order chi connectivity index (χ0) is 26.9. The Bertz CT molecular complexity index is 1160. The molecule has 2 aromatic carbocycles. The van der Waals surface area contributed by atoms with Gasteiger partial charge >= 0.3 is 0 Å². The van der Waals surface area contributed by atoms with Gasteiger partial charge in [-0.15, -0.1) is 0 Å². The molecule has 2 aromatic rings. The zero-order valence-electron chi connectivity index (χ0n) is 21.3. The van der Waals surface area contributed by atoms with Crippen LogP contribution in [0.2, 0.25) is 5.02 Å². The highest BCUT2D eigenvalue weighted by atomic mass is 35.5. The number of hydrogen-bond acceptors (Lipinski definition) is 6. The van der Waals surface area contributed by atoms with E-state index in [-0.39, 0.29) is 28.9 Å². The molecule has 0 saturated carbocycles. The van der Waals surface area contributed by atoms with Crippen LogP contribution in [-0.4, -0.2) is 64.7 Å². The smallest absolute Gasteiger partial charge is 0.244 e. The Labute approximate surface area is 218 Å². The predicted molar refractivity (Wildman–Crippen MR) is 141 cm³/mol. The molecule has 0 aromatic heterocycles. The van der Waals surface area contributed by atoms with Crippen LogP contribution < -0.4 is 19.1 Å². The van der Waals surface area contributed by atoms with Gasteiger partial charge < -0.3 is 19.7 Å². The van der Waals surface area contributed by atoms with Crippen molar-refractivity contribution in [1.29, 1.82) is 0 Å². The Hall–Kier alpha value is -2.98. The SMILES string of the molecule is CCCNC(=O)[C@@H](CC)N(Cc1cccc(OC)c1)C(=O)CN(c1cc(Cl)ccc1OC)S(C)(=O)=O. The molecule has 1 atom stereocenters. The fraction of sp³-hybridized carbons (Fsp3) is 0.440.